The van der Waals surface area contributed by atoms with Crippen molar-refractivity contribution >= 4 is 11.5 Å². The second-order valence-electron chi connectivity index (χ2n) is 3.04. The van der Waals surface area contributed by atoms with Crippen LogP contribution < -0.4 is 0 Å². The van der Waals surface area contributed by atoms with Crippen LogP contribution in [0.5, 0.6) is 0 Å². The van der Waals surface area contributed by atoms with E-state index < -0.39 is 0 Å². The molecule has 0 saturated carbocycles. The zero-order valence-corrected chi connectivity index (χ0v) is 8.39. The predicted octanol–water partition coefficient (Wildman–Crippen LogP) is 2.90. The summed E-state index contributed by atoms with van der Waals surface area (Å²) in [6.07, 6.45) is 5.52. The van der Waals surface area contributed by atoms with Crippen LogP contribution in [0, 0.1) is 5.41 Å². The fourth-order valence-corrected chi connectivity index (χ4v) is 0.815. The van der Waals surface area contributed by atoms with E-state index in [1.54, 1.807) is 13.0 Å². The Morgan fingerprint density at radius 3 is 2.54 bits per heavy atom. The van der Waals surface area contributed by atoms with E-state index in [9.17, 15) is 4.79 Å². The van der Waals surface area contributed by atoms with E-state index in [2.05, 4.69) is 6.58 Å². The number of Topliss-reactive ketones (excluding diaryl/α,β-unsaturated/α-hetero) is 1. The fraction of sp³-hybridized carbons (Fsp3) is 0.455. The molecular formula is C11H17NO. The quantitative estimate of drug-likeness (QED) is 0.380. The molecule has 0 aromatic heterocycles. The highest BCUT2D eigenvalue weighted by Crippen LogP contribution is 2.03. The van der Waals surface area contributed by atoms with E-state index in [-0.39, 0.29) is 5.78 Å². The Morgan fingerprint density at radius 2 is 2.08 bits per heavy atom. The first-order valence-corrected chi connectivity index (χ1v) is 4.50. The SMILES string of the molecule is C=C(/C=C\CC)C(=O)CCC(C)=N. The maximum Gasteiger partial charge on any atom is 0.162 e. The van der Waals surface area contributed by atoms with Gasteiger partial charge in [0.15, 0.2) is 5.78 Å². The van der Waals surface area contributed by atoms with Crippen molar-refractivity contribution in [1.82, 2.24) is 0 Å². The van der Waals surface area contributed by atoms with Gasteiger partial charge in [0.1, 0.15) is 0 Å². The molecule has 0 heterocycles. The Morgan fingerprint density at radius 1 is 1.46 bits per heavy atom. The Bertz CT molecular complexity index is 238. The maximum atomic E-state index is 11.3. The van der Waals surface area contributed by atoms with Gasteiger partial charge < -0.3 is 5.41 Å². The van der Waals surface area contributed by atoms with E-state index in [0.717, 1.165) is 6.42 Å². The van der Waals surface area contributed by atoms with Crippen molar-refractivity contribution in [3.63, 3.8) is 0 Å². The molecule has 0 saturated heterocycles. The Hall–Kier alpha value is -1.18. The average Bonchev–Trinajstić information content (AvgIpc) is 2.10. The minimum atomic E-state index is 0.0382. The van der Waals surface area contributed by atoms with Crippen LogP contribution in [0.25, 0.3) is 0 Å². The van der Waals surface area contributed by atoms with Crippen molar-refractivity contribution < 1.29 is 4.79 Å². The van der Waals surface area contributed by atoms with E-state index in [1.807, 2.05) is 13.0 Å². The van der Waals surface area contributed by atoms with Crippen molar-refractivity contribution in [1.29, 1.82) is 5.41 Å². The largest absolute Gasteiger partial charge is 0.310 e. The van der Waals surface area contributed by atoms with Crippen LogP contribution in [0.2, 0.25) is 0 Å². The van der Waals surface area contributed by atoms with Gasteiger partial charge in [-0.2, -0.15) is 0 Å². The lowest BCUT2D eigenvalue weighted by Crippen LogP contribution is -2.01. The third kappa shape index (κ3) is 6.02. The summed E-state index contributed by atoms with van der Waals surface area (Å²) in [5.74, 6) is 0.0382. The smallest absolute Gasteiger partial charge is 0.162 e. The summed E-state index contributed by atoms with van der Waals surface area (Å²) < 4.78 is 0. The van der Waals surface area contributed by atoms with Crippen molar-refractivity contribution in [2.45, 2.75) is 33.1 Å². The molecule has 0 unspecified atom stereocenters. The number of carbonyl (C=O) groups is 1. The molecule has 0 bridgehead atoms. The summed E-state index contributed by atoms with van der Waals surface area (Å²) in [5.41, 5.74) is 1.09. The number of hydrogen-bond donors (Lipinski definition) is 1. The molecule has 0 aromatic rings. The minimum absolute atomic E-state index is 0.0382. The van der Waals surface area contributed by atoms with Crippen molar-refractivity contribution in [3.05, 3.63) is 24.3 Å². The third-order valence-corrected chi connectivity index (χ3v) is 1.64. The van der Waals surface area contributed by atoms with Crippen molar-refractivity contribution in [2.75, 3.05) is 0 Å². The van der Waals surface area contributed by atoms with Crippen LogP contribution in [0.4, 0.5) is 0 Å². The average molecular weight is 179 g/mol. The standard InChI is InChI=1S/C11H17NO/c1-4-5-6-9(2)11(13)8-7-10(3)12/h5-6,12H,2,4,7-8H2,1,3H3/b6-5-,12-10?. The Labute approximate surface area is 79.9 Å². The van der Waals surface area contributed by atoms with Gasteiger partial charge in [-0.05, 0) is 19.8 Å². The molecule has 0 aliphatic heterocycles. The van der Waals surface area contributed by atoms with Crippen LogP contribution in [0.15, 0.2) is 24.3 Å². The van der Waals surface area contributed by atoms with Gasteiger partial charge in [0.25, 0.3) is 0 Å². The fourth-order valence-electron chi connectivity index (χ4n) is 0.815. The zero-order chi connectivity index (χ0) is 10.3. The maximum absolute atomic E-state index is 11.3. The molecule has 2 nitrogen and oxygen atoms in total. The molecule has 13 heavy (non-hydrogen) atoms. The van der Waals surface area contributed by atoms with Crippen molar-refractivity contribution in [2.24, 2.45) is 0 Å². The van der Waals surface area contributed by atoms with Crippen LogP contribution in [-0.4, -0.2) is 11.5 Å². The lowest BCUT2D eigenvalue weighted by atomic mass is 10.1. The van der Waals surface area contributed by atoms with E-state index in [4.69, 9.17) is 5.41 Å². The van der Waals surface area contributed by atoms with Gasteiger partial charge in [-0.15, -0.1) is 0 Å². The number of nitrogens with one attached hydrogen (secondary N) is 1. The van der Waals surface area contributed by atoms with Gasteiger partial charge in [0.05, 0.1) is 0 Å². The molecule has 1 N–H and O–H groups in total. The highest BCUT2D eigenvalue weighted by Gasteiger charge is 2.03. The first-order valence-electron chi connectivity index (χ1n) is 4.50. The number of rotatable bonds is 6. The molecular weight excluding hydrogens is 162 g/mol. The van der Waals surface area contributed by atoms with Crippen LogP contribution >= 0.6 is 0 Å². The van der Waals surface area contributed by atoms with Crippen LogP contribution in [0.3, 0.4) is 0 Å². The van der Waals surface area contributed by atoms with Crippen molar-refractivity contribution in [3.8, 4) is 0 Å². The number of ketones is 1. The van der Waals surface area contributed by atoms with Gasteiger partial charge in [-0.1, -0.05) is 25.7 Å². The van der Waals surface area contributed by atoms with Gasteiger partial charge >= 0.3 is 0 Å². The van der Waals surface area contributed by atoms with E-state index in [0.29, 0.717) is 24.1 Å². The molecule has 0 atom stereocenters. The summed E-state index contributed by atoms with van der Waals surface area (Å²) >= 11 is 0. The van der Waals surface area contributed by atoms with E-state index in [1.165, 1.54) is 0 Å². The zero-order valence-electron chi connectivity index (χ0n) is 8.39. The van der Waals surface area contributed by atoms with Gasteiger partial charge in [0.2, 0.25) is 0 Å². The lowest BCUT2D eigenvalue weighted by molar-refractivity contribution is -0.115. The molecule has 0 aliphatic carbocycles. The summed E-state index contributed by atoms with van der Waals surface area (Å²) in [6.45, 7) is 7.38. The molecule has 0 rings (SSSR count). The Balaban J connectivity index is 3.90. The van der Waals surface area contributed by atoms with Gasteiger partial charge in [-0.3, -0.25) is 4.79 Å². The van der Waals surface area contributed by atoms with Gasteiger partial charge in [0, 0.05) is 17.7 Å². The highest BCUT2D eigenvalue weighted by molar-refractivity contribution is 5.99. The highest BCUT2D eigenvalue weighted by atomic mass is 16.1. The first kappa shape index (κ1) is 11.8. The topological polar surface area (TPSA) is 40.9 Å². The van der Waals surface area contributed by atoms with Crippen LogP contribution in [0.1, 0.15) is 33.1 Å². The second-order valence-corrected chi connectivity index (χ2v) is 3.04. The number of carbonyl (C=O) groups excluding carboxylic acids is 1. The monoisotopic (exact) mass is 179 g/mol. The molecule has 0 fully saturated rings. The number of allylic oxidation sites excluding steroid dienone is 3. The molecule has 0 amide bonds. The van der Waals surface area contributed by atoms with E-state index >= 15 is 0 Å². The van der Waals surface area contributed by atoms with Gasteiger partial charge in [-0.25, -0.2) is 0 Å². The molecule has 0 aliphatic rings. The summed E-state index contributed by atoms with van der Waals surface area (Å²) in [6, 6.07) is 0. The predicted molar refractivity (Wildman–Crippen MR) is 56.2 cm³/mol. The normalized spacial score (nSPS) is 10.3. The van der Waals surface area contributed by atoms with Crippen LogP contribution in [-0.2, 0) is 4.79 Å². The minimum Gasteiger partial charge on any atom is -0.310 e. The lowest BCUT2D eigenvalue weighted by Gasteiger charge is -1.98. The first-order chi connectivity index (χ1) is 6.07. The molecule has 0 aromatic carbocycles. The summed E-state index contributed by atoms with van der Waals surface area (Å²) in [7, 11) is 0. The molecule has 2 heteroatoms. The third-order valence-electron chi connectivity index (χ3n) is 1.64. The summed E-state index contributed by atoms with van der Waals surface area (Å²) in [4.78, 5) is 11.3. The Kier molecular flexibility index (Phi) is 5.77. The molecule has 0 spiro atoms. The molecule has 72 valence electrons. The summed E-state index contributed by atoms with van der Waals surface area (Å²) in [5, 5.41) is 7.17. The number of hydrogen-bond acceptors (Lipinski definition) is 2. The molecule has 0 radical (unpaired) electrons. The second kappa shape index (κ2) is 6.35.